The Bertz CT molecular complexity index is 3680. The molecule has 5 heterocycles. The zero-order chi connectivity index (χ0) is 41.5. The molecule has 0 aliphatic carbocycles. The maximum atomic E-state index is 6.81. The van der Waals surface area contributed by atoms with Gasteiger partial charge in [0.05, 0.1) is 16.6 Å². The Kier molecular flexibility index (Phi) is 7.82. The average Bonchev–Trinajstić information content (AvgIpc) is 3.97. The van der Waals surface area contributed by atoms with Gasteiger partial charge in [0.25, 0.3) is 0 Å². The second-order valence-electron chi connectivity index (χ2n) is 16.2. The lowest BCUT2D eigenvalue weighted by Gasteiger charge is -2.45. The molecule has 13 rings (SSSR count). The SMILES string of the molecule is c1ccc(N2c3ccccc3[Si](c3ccccc3)(c3ccccc3)c3cc4c(cc32)c2ccc(Oc3ccc5c6ccccc6n6ccnc6c5c3)cc2n4-c2ccccn2)cc1. The van der Waals surface area contributed by atoms with Gasteiger partial charge in [-0.1, -0.05) is 121 Å². The first kappa shape index (κ1) is 35.5. The molecule has 8 aromatic carbocycles. The first-order valence-corrected chi connectivity index (χ1v) is 23.3. The third-order valence-corrected chi connectivity index (χ3v) is 17.8. The Morgan fingerprint density at radius 2 is 1.06 bits per heavy atom. The Labute approximate surface area is 364 Å². The van der Waals surface area contributed by atoms with Crippen molar-refractivity contribution in [3.8, 4) is 17.3 Å². The number of pyridine rings is 2. The monoisotopic (exact) mass is 823 g/mol. The lowest BCUT2D eigenvalue weighted by Crippen LogP contribution is -2.77. The fourth-order valence-corrected chi connectivity index (χ4v) is 15.4. The zero-order valence-electron chi connectivity index (χ0n) is 34.0. The van der Waals surface area contributed by atoms with Crippen LogP contribution in [0.4, 0.5) is 17.1 Å². The molecule has 12 aromatic rings. The Morgan fingerprint density at radius 3 is 1.84 bits per heavy atom. The summed E-state index contributed by atoms with van der Waals surface area (Å²) in [5.41, 5.74) is 7.65. The fourth-order valence-electron chi connectivity index (χ4n) is 10.3. The lowest BCUT2D eigenvalue weighted by atomic mass is 10.1. The maximum absolute atomic E-state index is 6.81. The van der Waals surface area contributed by atoms with Gasteiger partial charge in [0.15, 0.2) is 8.07 Å². The molecule has 0 bridgehead atoms. The van der Waals surface area contributed by atoms with E-state index in [2.05, 4.69) is 214 Å². The van der Waals surface area contributed by atoms with Gasteiger partial charge < -0.3 is 9.64 Å². The highest BCUT2D eigenvalue weighted by atomic mass is 28.3. The second-order valence-corrected chi connectivity index (χ2v) is 19.9. The minimum absolute atomic E-state index is 0.738. The van der Waals surface area contributed by atoms with Crippen LogP contribution in [0.1, 0.15) is 0 Å². The van der Waals surface area contributed by atoms with Gasteiger partial charge in [-0.05, 0) is 105 Å². The Morgan fingerprint density at radius 1 is 0.413 bits per heavy atom. The van der Waals surface area contributed by atoms with E-state index in [1.165, 1.54) is 37.5 Å². The summed E-state index contributed by atoms with van der Waals surface area (Å²) in [6.07, 6.45) is 5.76. The predicted molar refractivity (Wildman–Crippen MR) is 261 cm³/mol. The van der Waals surface area contributed by atoms with Gasteiger partial charge in [-0.3, -0.25) is 8.97 Å². The third kappa shape index (κ3) is 5.24. The van der Waals surface area contributed by atoms with Crippen molar-refractivity contribution < 1.29 is 4.74 Å². The molecule has 0 atom stereocenters. The number of nitrogens with zero attached hydrogens (tertiary/aromatic N) is 5. The summed E-state index contributed by atoms with van der Waals surface area (Å²) in [6.45, 7) is 0. The molecule has 0 saturated carbocycles. The highest BCUT2D eigenvalue weighted by Gasteiger charge is 2.49. The minimum atomic E-state index is -2.96. The quantitative estimate of drug-likeness (QED) is 0.124. The first-order chi connectivity index (χ1) is 31.3. The highest BCUT2D eigenvalue weighted by molar-refractivity contribution is 7.21. The van der Waals surface area contributed by atoms with Gasteiger partial charge in [0, 0.05) is 63.3 Å². The van der Waals surface area contributed by atoms with Gasteiger partial charge in [-0.2, -0.15) is 0 Å². The van der Waals surface area contributed by atoms with Crippen molar-refractivity contribution in [1.29, 1.82) is 0 Å². The summed E-state index contributed by atoms with van der Waals surface area (Å²) in [6, 6.07) is 74.6. The molecule has 4 aromatic heterocycles. The summed E-state index contributed by atoms with van der Waals surface area (Å²) in [5, 5.41) is 11.0. The molecular formula is C56H37N5OSi. The Hall–Kier alpha value is -8.26. The molecule has 0 unspecified atom stereocenters. The third-order valence-electron chi connectivity index (χ3n) is 12.9. The number of benzene rings is 8. The smallest absolute Gasteiger partial charge is 0.184 e. The number of rotatable bonds is 6. The predicted octanol–water partition coefficient (Wildman–Crippen LogP) is 11.1. The average molecular weight is 824 g/mol. The van der Waals surface area contributed by atoms with Crippen LogP contribution in [0.25, 0.3) is 54.9 Å². The van der Waals surface area contributed by atoms with Crippen LogP contribution < -0.4 is 30.4 Å². The summed E-state index contributed by atoms with van der Waals surface area (Å²) in [5.74, 6) is 2.33. The molecule has 7 heteroatoms. The molecule has 6 nitrogen and oxygen atoms in total. The van der Waals surface area contributed by atoms with Crippen molar-refractivity contribution >= 4 is 95.0 Å². The fraction of sp³-hybridized carbons (Fsp3) is 0. The van der Waals surface area contributed by atoms with E-state index in [0.29, 0.717) is 0 Å². The van der Waals surface area contributed by atoms with E-state index in [9.17, 15) is 0 Å². The molecule has 1 aliphatic rings. The normalized spacial score (nSPS) is 13.2. The molecule has 1 aliphatic heterocycles. The number of imidazole rings is 1. The summed E-state index contributed by atoms with van der Waals surface area (Å²) >= 11 is 0. The van der Waals surface area contributed by atoms with Gasteiger partial charge in [-0.15, -0.1) is 0 Å². The van der Waals surface area contributed by atoms with Crippen molar-refractivity contribution in [3.63, 3.8) is 0 Å². The molecule has 296 valence electrons. The van der Waals surface area contributed by atoms with Gasteiger partial charge >= 0.3 is 0 Å². The van der Waals surface area contributed by atoms with Gasteiger partial charge in [-0.25, -0.2) is 9.97 Å². The van der Waals surface area contributed by atoms with Crippen LogP contribution in [-0.4, -0.2) is 27.0 Å². The number of aromatic nitrogens is 4. The van der Waals surface area contributed by atoms with E-state index in [0.717, 1.165) is 66.7 Å². The Balaban J connectivity index is 1.08. The molecule has 63 heavy (non-hydrogen) atoms. The van der Waals surface area contributed by atoms with Crippen LogP contribution in [-0.2, 0) is 0 Å². The van der Waals surface area contributed by atoms with E-state index >= 15 is 0 Å². The van der Waals surface area contributed by atoms with Crippen molar-refractivity contribution in [1.82, 2.24) is 18.9 Å². The second kappa shape index (κ2) is 13.9. The molecule has 0 saturated heterocycles. The largest absolute Gasteiger partial charge is 0.457 e. The highest BCUT2D eigenvalue weighted by Crippen LogP contribution is 2.43. The van der Waals surface area contributed by atoms with Crippen LogP contribution in [0.2, 0.25) is 0 Å². The van der Waals surface area contributed by atoms with Crippen LogP contribution in [0.3, 0.4) is 0 Å². The standard InChI is InChI=1S/C56H37N5OSi/c1-4-16-38(17-5-1)60-49-24-12-13-25-53(49)63(41-18-6-2-7-19-41,42-20-8-3-9-21-42)54-37-51-46(36-52(54)60)45-30-28-40(35-50(45)61(51)55-26-14-15-31-57-55)62-39-27-29-43-44-22-10-11-23-48(44)59-33-32-58-56(59)47(43)34-39/h1-37H. The van der Waals surface area contributed by atoms with E-state index < -0.39 is 8.07 Å². The lowest BCUT2D eigenvalue weighted by molar-refractivity contribution is 0.484. The van der Waals surface area contributed by atoms with E-state index in [4.69, 9.17) is 14.7 Å². The van der Waals surface area contributed by atoms with E-state index in [-0.39, 0.29) is 0 Å². The molecule has 0 amide bonds. The summed E-state index contributed by atoms with van der Waals surface area (Å²) < 4.78 is 11.3. The minimum Gasteiger partial charge on any atom is -0.457 e. The van der Waals surface area contributed by atoms with Crippen molar-refractivity contribution in [2.24, 2.45) is 0 Å². The zero-order valence-corrected chi connectivity index (χ0v) is 35.0. The van der Waals surface area contributed by atoms with Crippen molar-refractivity contribution in [3.05, 3.63) is 225 Å². The summed E-state index contributed by atoms with van der Waals surface area (Å²) in [7, 11) is -2.96. The molecule has 0 N–H and O–H groups in total. The number of para-hydroxylation sites is 3. The number of fused-ring (bicyclic) bond motifs is 11. The van der Waals surface area contributed by atoms with E-state index in [1.54, 1.807) is 0 Å². The molecular weight excluding hydrogens is 787 g/mol. The van der Waals surface area contributed by atoms with Gasteiger partial charge in [0.2, 0.25) is 0 Å². The van der Waals surface area contributed by atoms with Crippen molar-refractivity contribution in [2.75, 3.05) is 4.90 Å². The summed E-state index contributed by atoms with van der Waals surface area (Å²) in [4.78, 5) is 12.2. The van der Waals surface area contributed by atoms with Gasteiger partial charge in [0.1, 0.15) is 23.0 Å². The number of ether oxygens (including phenoxy) is 1. The van der Waals surface area contributed by atoms with Crippen LogP contribution in [0.15, 0.2) is 225 Å². The van der Waals surface area contributed by atoms with Crippen LogP contribution in [0, 0.1) is 0 Å². The molecule has 0 fully saturated rings. The molecule has 0 spiro atoms. The number of anilines is 3. The van der Waals surface area contributed by atoms with Crippen molar-refractivity contribution in [2.45, 2.75) is 0 Å². The maximum Gasteiger partial charge on any atom is 0.184 e. The van der Waals surface area contributed by atoms with Crippen LogP contribution >= 0.6 is 0 Å². The molecule has 0 radical (unpaired) electrons. The number of hydrogen-bond donors (Lipinski definition) is 0. The van der Waals surface area contributed by atoms with Crippen LogP contribution in [0.5, 0.6) is 11.5 Å². The van der Waals surface area contributed by atoms with E-state index in [1.807, 2.05) is 24.7 Å². The number of hydrogen-bond acceptors (Lipinski definition) is 4. The topological polar surface area (TPSA) is 47.6 Å². The first-order valence-electron chi connectivity index (χ1n) is 21.3.